The number of hydrogen-bond acceptors (Lipinski definition) is 2. The number of para-hydroxylation sites is 1. The normalized spacial score (nSPS) is 11.4. The SMILES string of the molecule is FC(F)(F)CSc1ccccc1NCc1cccc(Br)c1. The number of benzene rings is 2. The van der Waals surface area contributed by atoms with Crippen LogP contribution in [0.15, 0.2) is 57.9 Å². The minimum absolute atomic E-state index is 0.559. The van der Waals surface area contributed by atoms with E-state index in [2.05, 4.69) is 21.2 Å². The summed E-state index contributed by atoms with van der Waals surface area (Å²) in [5, 5.41) is 3.18. The third kappa shape index (κ3) is 5.63. The Balaban J connectivity index is 2.03. The number of rotatable bonds is 5. The summed E-state index contributed by atoms with van der Waals surface area (Å²) in [7, 11) is 0. The second-order valence-electron chi connectivity index (χ2n) is 4.38. The fourth-order valence-electron chi connectivity index (χ4n) is 1.74. The summed E-state index contributed by atoms with van der Waals surface area (Å²) in [6, 6.07) is 14.8. The molecule has 0 aliphatic rings. The highest BCUT2D eigenvalue weighted by Gasteiger charge is 2.27. The van der Waals surface area contributed by atoms with Gasteiger partial charge >= 0.3 is 6.18 Å². The molecule has 0 saturated heterocycles. The van der Waals surface area contributed by atoms with Crippen LogP contribution < -0.4 is 5.32 Å². The second kappa shape index (κ2) is 7.22. The van der Waals surface area contributed by atoms with Crippen LogP contribution >= 0.6 is 27.7 Å². The van der Waals surface area contributed by atoms with Crippen LogP contribution in [0, 0.1) is 0 Å². The largest absolute Gasteiger partial charge is 0.398 e. The van der Waals surface area contributed by atoms with Gasteiger partial charge in [-0.2, -0.15) is 13.2 Å². The molecule has 21 heavy (non-hydrogen) atoms. The number of hydrogen-bond donors (Lipinski definition) is 1. The molecule has 2 rings (SSSR count). The van der Waals surface area contributed by atoms with Crippen LogP contribution in [0.25, 0.3) is 0 Å². The Morgan fingerprint density at radius 3 is 2.52 bits per heavy atom. The van der Waals surface area contributed by atoms with Crippen LogP contribution in [0.1, 0.15) is 5.56 Å². The van der Waals surface area contributed by atoms with Gasteiger partial charge in [-0.05, 0) is 29.8 Å². The summed E-state index contributed by atoms with van der Waals surface area (Å²) in [5.74, 6) is -0.886. The van der Waals surface area contributed by atoms with Gasteiger partial charge in [-0.15, -0.1) is 11.8 Å². The van der Waals surface area contributed by atoms with Gasteiger partial charge in [-0.1, -0.05) is 40.2 Å². The van der Waals surface area contributed by atoms with E-state index in [0.29, 0.717) is 17.1 Å². The lowest BCUT2D eigenvalue weighted by molar-refractivity contribution is -0.105. The van der Waals surface area contributed by atoms with E-state index in [4.69, 9.17) is 0 Å². The highest BCUT2D eigenvalue weighted by atomic mass is 79.9. The van der Waals surface area contributed by atoms with Crippen LogP contribution in [0.3, 0.4) is 0 Å². The molecule has 0 bridgehead atoms. The van der Waals surface area contributed by atoms with Crippen molar-refractivity contribution in [2.75, 3.05) is 11.1 Å². The maximum atomic E-state index is 12.3. The van der Waals surface area contributed by atoms with Crippen molar-refractivity contribution in [2.45, 2.75) is 17.6 Å². The lowest BCUT2D eigenvalue weighted by atomic mass is 10.2. The van der Waals surface area contributed by atoms with Gasteiger partial charge in [-0.3, -0.25) is 0 Å². The third-order valence-electron chi connectivity index (χ3n) is 2.65. The van der Waals surface area contributed by atoms with E-state index in [1.54, 1.807) is 24.3 Å². The first-order valence-corrected chi connectivity index (χ1v) is 7.99. The van der Waals surface area contributed by atoms with E-state index in [0.717, 1.165) is 21.8 Å². The van der Waals surface area contributed by atoms with E-state index >= 15 is 0 Å². The maximum Gasteiger partial charge on any atom is 0.398 e. The van der Waals surface area contributed by atoms with Gasteiger partial charge < -0.3 is 5.32 Å². The molecule has 0 spiro atoms. The van der Waals surface area contributed by atoms with E-state index < -0.39 is 11.9 Å². The van der Waals surface area contributed by atoms with E-state index in [1.165, 1.54) is 0 Å². The first-order chi connectivity index (χ1) is 9.94. The Kier molecular flexibility index (Phi) is 5.58. The number of nitrogens with one attached hydrogen (secondary N) is 1. The van der Waals surface area contributed by atoms with Crippen molar-refractivity contribution < 1.29 is 13.2 Å². The third-order valence-corrected chi connectivity index (χ3v) is 4.28. The average Bonchev–Trinajstić information content (AvgIpc) is 2.43. The number of halogens is 4. The molecule has 2 aromatic carbocycles. The van der Waals surface area contributed by atoms with E-state index in [9.17, 15) is 13.2 Å². The molecule has 2 aromatic rings. The van der Waals surface area contributed by atoms with Crippen LogP contribution in [0.4, 0.5) is 18.9 Å². The van der Waals surface area contributed by atoms with Crippen molar-refractivity contribution >= 4 is 33.4 Å². The topological polar surface area (TPSA) is 12.0 Å². The standard InChI is InChI=1S/C15H13BrF3NS/c16-12-5-3-4-11(8-12)9-20-13-6-1-2-7-14(13)21-10-15(17,18)19/h1-8,20H,9-10H2. The quantitative estimate of drug-likeness (QED) is 0.671. The zero-order valence-electron chi connectivity index (χ0n) is 11.0. The van der Waals surface area contributed by atoms with Crippen LogP contribution in [0.5, 0.6) is 0 Å². The van der Waals surface area contributed by atoms with Gasteiger partial charge in [0.05, 0.1) is 5.75 Å². The molecule has 0 saturated carbocycles. The number of thioether (sulfide) groups is 1. The molecule has 6 heteroatoms. The summed E-state index contributed by atoms with van der Waals surface area (Å²) >= 11 is 4.19. The summed E-state index contributed by atoms with van der Waals surface area (Å²) in [5.41, 5.74) is 1.77. The first kappa shape index (κ1) is 16.2. The van der Waals surface area contributed by atoms with Gasteiger partial charge in [0.1, 0.15) is 0 Å². The molecule has 0 heterocycles. The Bertz CT molecular complexity index is 601. The zero-order chi connectivity index (χ0) is 15.3. The number of anilines is 1. The molecule has 0 atom stereocenters. The molecule has 0 radical (unpaired) electrons. The predicted molar refractivity (Wildman–Crippen MR) is 84.7 cm³/mol. The van der Waals surface area contributed by atoms with Crippen LogP contribution in [-0.2, 0) is 6.54 Å². The van der Waals surface area contributed by atoms with E-state index in [1.807, 2.05) is 24.3 Å². The van der Waals surface area contributed by atoms with Crippen LogP contribution in [0.2, 0.25) is 0 Å². The van der Waals surface area contributed by atoms with Gasteiger partial charge in [0.2, 0.25) is 0 Å². The molecule has 0 amide bonds. The van der Waals surface area contributed by atoms with E-state index in [-0.39, 0.29) is 0 Å². The molecule has 112 valence electrons. The first-order valence-electron chi connectivity index (χ1n) is 6.21. The molecule has 1 nitrogen and oxygen atoms in total. The Morgan fingerprint density at radius 2 is 1.81 bits per heavy atom. The van der Waals surface area contributed by atoms with Gasteiger partial charge in [0.15, 0.2) is 0 Å². The molecular weight excluding hydrogens is 363 g/mol. The monoisotopic (exact) mass is 375 g/mol. The zero-order valence-corrected chi connectivity index (χ0v) is 13.4. The fourth-order valence-corrected chi connectivity index (χ4v) is 2.98. The highest BCUT2D eigenvalue weighted by Crippen LogP contribution is 2.32. The number of alkyl halides is 3. The van der Waals surface area contributed by atoms with Crippen molar-refractivity contribution in [1.82, 2.24) is 0 Å². The molecule has 0 aliphatic carbocycles. The highest BCUT2D eigenvalue weighted by molar-refractivity contribution is 9.10. The lowest BCUT2D eigenvalue weighted by Crippen LogP contribution is -2.11. The van der Waals surface area contributed by atoms with Gasteiger partial charge in [0, 0.05) is 21.6 Å². The summed E-state index contributed by atoms with van der Waals surface area (Å²) in [6.45, 7) is 0.559. The van der Waals surface area contributed by atoms with Gasteiger partial charge in [0.25, 0.3) is 0 Å². The average molecular weight is 376 g/mol. The maximum absolute atomic E-state index is 12.3. The smallest absolute Gasteiger partial charge is 0.380 e. The summed E-state index contributed by atoms with van der Waals surface area (Å²) < 4.78 is 37.9. The Labute approximate surface area is 134 Å². The Morgan fingerprint density at radius 1 is 1.05 bits per heavy atom. The molecule has 0 aliphatic heterocycles. The minimum Gasteiger partial charge on any atom is -0.380 e. The molecular formula is C15H13BrF3NS. The van der Waals surface area contributed by atoms with Crippen molar-refractivity contribution in [3.8, 4) is 0 Å². The molecule has 0 aromatic heterocycles. The second-order valence-corrected chi connectivity index (χ2v) is 6.32. The fraction of sp³-hybridized carbons (Fsp3) is 0.200. The lowest BCUT2D eigenvalue weighted by Gasteiger charge is -2.13. The summed E-state index contributed by atoms with van der Waals surface area (Å²) in [6.07, 6.45) is -4.16. The summed E-state index contributed by atoms with van der Waals surface area (Å²) in [4.78, 5) is 0.602. The minimum atomic E-state index is -4.16. The Hall–Kier alpha value is -1.14. The van der Waals surface area contributed by atoms with Crippen molar-refractivity contribution in [2.24, 2.45) is 0 Å². The van der Waals surface area contributed by atoms with Crippen molar-refractivity contribution in [1.29, 1.82) is 0 Å². The predicted octanol–water partition coefficient (Wildman–Crippen LogP) is 5.72. The van der Waals surface area contributed by atoms with Crippen molar-refractivity contribution in [3.05, 3.63) is 58.6 Å². The van der Waals surface area contributed by atoms with Crippen LogP contribution in [-0.4, -0.2) is 11.9 Å². The molecule has 1 N–H and O–H groups in total. The van der Waals surface area contributed by atoms with Gasteiger partial charge in [-0.25, -0.2) is 0 Å². The van der Waals surface area contributed by atoms with Crippen molar-refractivity contribution in [3.63, 3.8) is 0 Å². The molecule has 0 unspecified atom stereocenters. The molecule has 0 fully saturated rings.